The van der Waals surface area contributed by atoms with Crippen molar-refractivity contribution in [2.24, 2.45) is 59.0 Å². The van der Waals surface area contributed by atoms with Crippen molar-refractivity contribution < 1.29 is 101 Å². The molecule has 0 radical (unpaired) electrons. The molecule has 2 rings (SSSR count). The maximum Gasteiger partial charge on any atom is 0.331 e. The molecule has 28 atom stereocenters. The highest BCUT2D eigenvalue weighted by Gasteiger charge is 2.45. The summed E-state index contributed by atoms with van der Waals surface area (Å²) in [5.41, 5.74) is 5.93. The summed E-state index contributed by atoms with van der Waals surface area (Å²) >= 11 is 0. The second-order valence-corrected chi connectivity index (χ2v) is 24.3. The third kappa shape index (κ3) is 25.4. The number of carbonyl (C=O) groups excluding carboxylic acids is 1. The molecule has 482 valence electrons. The lowest BCUT2D eigenvalue weighted by Crippen LogP contribution is -2.56. The molecule has 0 aromatic rings. The van der Waals surface area contributed by atoms with Crippen LogP contribution < -0.4 is 5.73 Å². The van der Waals surface area contributed by atoms with Crippen LogP contribution in [0.25, 0.3) is 0 Å². The minimum Gasteiger partial charge on any atom is -0.458 e. The molecule has 21 heteroatoms. The van der Waals surface area contributed by atoms with Crippen LogP contribution in [0.1, 0.15) is 127 Å². The Morgan fingerprint density at radius 1 is 0.614 bits per heavy atom. The third-order valence-corrected chi connectivity index (χ3v) is 17.4. The maximum absolute atomic E-state index is 13.1. The summed E-state index contributed by atoms with van der Waals surface area (Å²) in [6.07, 6.45) is -6.98. The van der Waals surface area contributed by atoms with E-state index in [1.807, 2.05) is 6.08 Å². The minimum atomic E-state index is -1.72. The highest BCUT2D eigenvalue weighted by Crippen LogP contribution is 2.33. The Kier molecular flexibility index (Phi) is 35.3. The number of nitrogens with two attached hydrogens (primary N) is 1. The summed E-state index contributed by atoms with van der Waals surface area (Å²) in [5.74, 6) is -7.14. The molecule has 0 spiro atoms. The van der Waals surface area contributed by atoms with Gasteiger partial charge in [-0.1, -0.05) is 116 Å². The van der Waals surface area contributed by atoms with Crippen LogP contribution in [0, 0.1) is 53.3 Å². The zero-order chi connectivity index (χ0) is 63.0. The van der Waals surface area contributed by atoms with Crippen molar-refractivity contribution >= 4 is 5.97 Å². The quantitative estimate of drug-likeness (QED) is 0.118. The summed E-state index contributed by atoms with van der Waals surface area (Å²) < 4.78 is 12.0. The highest BCUT2D eigenvalue weighted by molar-refractivity contribution is 5.82. The van der Waals surface area contributed by atoms with Crippen LogP contribution in [-0.4, -0.2) is 222 Å². The fraction of sp³-hybridized carbons (Fsp3) is 0.790. The first kappa shape index (κ1) is 76.2. The molecule has 83 heavy (non-hydrogen) atoms. The molecule has 1 aliphatic carbocycles. The lowest BCUT2D eigenvalue weighted by atomic mass is 9.80. The fourth-order valence-corrected chi connectivity index (χ4v) is 10.8. The highest BCUT2D eigenvalue weighted by atomic mass is 16.5. The first-order valence-electron chi connectivity index (χ1n) is 30.0. The monoisotopic (exact) mass is 1190 g/mol. The van der Waals surface area contributed by atoms with Crippen molar-refractivity contribution in [3.05, 3.63) is 72.4 Å². The number of ether oxygens (including phenoxy) is 2. The van der Waals surface area contributed by atoms with Gasteiger partial charge in [0.15, 0.2) is 0 Å². The molecule has 1 aliphatic heterocycles. The second kappa shape index (κ2) is 38.4. The van der Waals surface area contributed by atoms with Crippen molar-refractivity contribution in [1.29, 1.82) is 0 Å². The molecule has 0 saturated heterocycles. The van der Waals surface area contributed by atoms with Gasteiger partial charge in [-0.15, -0.1) is 0 Å². The Morgan fingerprint density at radius 3 is 1.76 bits per heavy atom. The van der Waals surface area contributed by atoms with E-state index in [1.165, 1.54) is 51.2 Å². The number of carbonyl (C=O) groups is 1. The minimum absolute atomic E-state index is 0.0816. The van der Waals surface area contributed by atoms with Crippen molar-refractivity contribution in [2.45, 2.75) is 242 Å². The van der Waals surface area contributed by atoms with E-state index in [0.717, 1.165) is 0 Å². The van der Waals surface area contributed by atoms with Gasteiger partial charge in [0.2, 0.25) is 0 Å². The molecule has 28 unspecified atom stereocenters. The van der Waals surface area contributed by atoms with Crippen LogP contribution in [0.2, 0.25) is 0 Å². The Hall–Kier alpha value is -2.85. The average molecular weight is 1190 g/mol. The molecule has 1 heterocycles. The molecule has 0 bridgehead atoms. The van der Waals surface area contributed by atoms with Crippen molar-refractivity contribution in [3.63, 3.8) is 0 Å². The molecule has 19 N–H and O–H groups in total. The van der Waals surface area contributed by atoms with Gasteiger partial charge in [-0.3, -0.25) is 0 Å². The van der Waals surface area contributed by atoms with E-state index in [0.29, 0.717) is 32.2 Å². The van der Waals surface area contributed by atoms with Crippen LogP contribution in [0.3, 0.4) is 0 Å². The van der Waals surface area contributed by atoms with E-state index >= 15 is 0 Å². The number of allylic oxidation sites excluding steroid dienone is 3. The Morgan fingerprint density at radius 2 is 1.18 bits per heavy atom. The molecule has 0 aromatic heterocycles. The molecule has 2 aliphatic rings. The topological polar surface area (TPSA) is 405 Å². The predicted octanol–water partition coefficient (Wildman–Crippen LogP) is 0.738. The molecule has 0 amide bonds. The predicted molar refractivity (Wildman–Crippen MR) is 313 cm³/mol. The van der Waals surface area contributed by atoms with Crippen LogP contribution in [0.4, 0.5) is 0 Å². The largest absolute Gasteiger partial charge is 0.458 e. The Balaban J connectivity index is 2.48. The van der Waals surface area contributed by atoms with Gasteiger partial charge in [-0.25, -0.2) is 4.79 Å². The zero-order valence-electron chi connectivity index (χ0n) is 50.4. The van der Waals surface area contributed by atoms with Gasteiger partial charge in [0.05, 0.1) is 91.6 Å². The average Bonchev–Trinajstić information content (AvgIpc) is 3.44. The number of hydrogen-bond acceptors (Lipinski definition) is 21. The molecule has 1 fully saturated rings. The summed E-state index contributed by atoms with van der Waals surface area (Å²) in [6, 6.07) is 0. The van der Waals surface area contributed by atoms with E-state index in [9.17, 15) is 91.6 Å². The van der Waals surface area contributed by atoms with Gasteiger partial charge in [0, 0.05) is 78.8 Å². The molecular weight excluding hydrogens is 1080 g/mol. The zero-order valence-corrected chi connectivity index (χ0v) is 50.4. The normalized spacial score (nSPS) is 42.3. The molecule has 0 aromatic carbocycles. The lowest BCUT2D eigenvalue weighted by molar-refractivity contribution is -0.198. The molecule has 1 saturated carbocycles. The first-order chi connectivity index (χ1) is 38.9. The molecular formula is C62H109NO20. The van der Waals surface area contributed by atoms with E-state index in [4.69, 9.17) is 15.2 Å². The third-order valence-electron chi connectivity index (χ3n) is 17.4. The smallest absolute Gasteiger partial charge is 0.331 e. The lowest BCUT2D eigenvalue weighted by Gasteiger charge is -2.42. The summed E-state index contributed by atoms with van der Waals surface area (Å²) in [5, 5.41) is 187. The van der Waals surface area contributed by atoms with Gasteiger partial charge in [0.25, 0.3) is 0 Å². The summed E-state index contributed by atoms with van der Waals surface area (Å²) in [4.78, 5) is 13.1. The number of aliphatic hydroxyl groups is 17. The number of hydrogen-bond donors (Lipinski definition) is 18. The number of aliphatic hydroxyl groups excluding tert-OH is 17. The van der Waals surface area contributed by atoms with E-state index in [-0.39, 0.29) is 44.1 Å². The van der Waals surface area contributed by atoms with Gasteiger partial charge in [0.1, 0.15) is 24.4 Å². The maximum atomic E-state index is 13.1. The van der Waals surface area contributed by atoms with Crippen LogP contribution >= 0.6 is 0 Å². The first-order valence-corrected chi connectivity index (χ1v) is 30.0. The van der Waals surface area contributed by atoms with E-state index < -0.39 is 182 Å². The molecule has 21 nitrogen and oxygen atoms in total. The van der Waals surface area contributed by atoms with Crippen molar-refractivity contribution in [2.75, 3.05) is 13.2 Å². The number of rotatable bonds is 8. The SMILES string of the molecule is CC1=CC(OC2CC(CO)C(O)C(O)C2O)C(O)C(C)C(O)CC(O)CC(O)C(C)C(O)C(C)C(O)CC(O)CC(O)C=CCC(C(C)C(O)CCCN)OC(=O)C=CC=CC(C)C(O)C(C)C(O)CCC=CC(C)C(O)C=CC(C)C1O. The number of cyclic esters (lactones) is 1. The van der Waals surface area contributed by atoms with E-state index in [2.05, 4.69) is 0 Å². The van der Waals surface area contributed by atoms with Crippen LogP contribution in [-0.2, 0) is 14.3 Å². The van der Waals surface area contributed by atoms with Gasteiger partial charge in [-0.05, 0) is 70.4 Å². The summed E-state index contributed by atoms with van der Waals surface area (Å²) in [7, 11) is 0. The Labute approximate surface area is 492 Å². The standard InChI is InChI=1S/C62H109NO20/c1-33-16-10-12-19-48(70)38(6)57(76)34(2)17-11-13-22-55(74)83-52(37(5)47(69)20-15-25-63)21-14-18-43(65)28-44(66)29-49(71)39(7)58(77)40(8)50(72)30-45(67)31-51(73)41(9)59(78)53(26-36(4)56(75)35(3)23-24-46(33)68)82-54-27-42(32-64)60(79)62(81)61(54)80/h10-11,13-14,16-18,22-24,26,33-35,37-54,56-62,64-73,75-81H,12,15,19-21,25,27-32,63H2,1-9H3. The Bertz CT molecular complexity index is 1990. The van der Waals surface area contributed by atoms with Gasteiger partial charge < -0.3 is 102 Å². The second-order valence-electron chi connectivity index (χ2n) is 24.3. The van der Waals surface area contributed by atoms with Crippen molar-refractivity contribution in [3.8, 4) is 0 Å². The summed E-state index contributed by atoms with van der Waals surface area (Å²) in [6.45, 7) is 14.5. The van der Waals surface area contributed by atoms with Crippen LogP contribution in [0.15, 0.2) is 72.4 Å². The number of esters is 1. The fourth-order valence-electron chi connectivity index (χ4n) is 10.8. The van der Waals surface area contributed by atoms with Gasteiger partial charge in [-0.2, -0.15) is 0 Å². The van der Waals surface area contributed by atoms with E-state index in [1.54, 1.807) is 71.9 Å². The van der Waals surface area contributed by atoms with Crippen molar-refractivity contribution in [1.82, 2.24) is 0 Å². The van der Waals surface area contributed by atoms with Gasteiger partial charge >= 0.3 is 5.97 Å². The van der Waals surface area contributed by atoms with Crippen LogP contribution in [0.5, 0.6) is 0 Å².